The van der Waals surface area contributed by atoms with E-state index in [1.54, 1.807) is 0 Å². The van der Waals surface area contributed by atoms with Gasteiger partial charge < -0.3 is 14.8 Å². The summed E-state index contributed by atoms with van der Waals surface area (Å²) in [6, 6.07) is 8.92. The van der Waals surface area contributed by atoms with Crippen molar-refractivity contribution >= 4 is 0 Å². The van der Waals surface area contributed by atoms with Crippen molar-refractivity contribution < 1.29 is 9.47 Å². The van der Waals surface area contributed by atoms with Crippen molar-refractivity contribution in [2.75, 3.05) is 19.8 Å². The summed E-state index contributed by atoms with van der Waals surface area (Å²) in [5.41, 5.74) is 1.27. The van der Waals surface area contributed by atoms with Crippen molar-refractivity contribution in [3.05, 3.63) is 29.8 Å². The molecule has 3 nitrogen and oxygen atoms in total. The van der Waals surface area contributed by atoms with Crippen LogP contribution in [0.3, 0.4) is 0 Å². The van der Waals surface area contributed by atoms with E-state index in [1.165, 1.54) is 5.56 Å². The normalized spacial score (nSPS) is 22.4. The lowest BCUT2D eigenvalue weighted by Gasteiger charge is -2.21. The Morgan fingerprint density at radius 1 is 1.30 bits per heavy atom. The fourth-order valence-corrected chi connectivity index (χ4v) is 2.57. The van der Waals surface area contributed by atoms with Crippen LogP contribution < -0.4 is 10.1 Å². The van der Waals surface area contributed by atoms with Crippen molar-refractivity contribution in [1.29, 1.82) is 0 Å². The topological polar surface area (TPSA) is 30.5 Å². The molecule has 0 saturated carbocycles. The third-order valence-electron chi connectivity index (χ3n) is 3.68. The van der Waals surface area contributed by atoms with Gasteiger partial charge in [0.05, 0.1) is 12.7 Å². The maximum atomic E-state index is 5.92. The van der Waals surface area contributed by atoms with Crippen molar-refractivity contribution in [2.24, 2.45) is 5.92 Å². The average molecular weight is 277 g/mol. The molecule has 2 rings (SSSR count). The molecule has 1 aromatic rings. The molecule has 0 bridgehead atoms. The lowest BCUT2D eigenvalue weighted by atomic mass is 9.95. The van der Waals surface area contributed by atoms with Gasteiger partial charge in [-0.1, -0.05) is 32.9 Å². The smallest absolute Gasteiger partial charge is 0.119 e. The third kappa shape index (κ3) is 4.22. The molecule has 0 radical (unpaired) electrons. The maximum Gasteiger partial charge on any atom is 0.119 e. The molecule has 1 aliphatic heterocycles. The first kappa shape index (κ1) is 15.3. The second kappa shape index (κ2) is 7.65. The van der Waals surface area contributed by atoms with Crippen LogP contribution in [-0.2, 0) is 4.74 Å². The van der Waals surface area contributed by atoms with Gasteiger partial charge in [0.2, 0.25) is 0 Å². The van der Waals surface area contributed by atoms with Crippen molar-refractivity contribution in [3.63, 3.8) is 0 Å². The Balaban J connectivity index is 1.95. The molecule has 1 saturated heterocycles. The fraction of sp³-hybridized carbons (Fsp3) is 0.647. The van der Waals surface area contributed by atoms with Gasteiger partial charge in [-0.25, -0.2) is 0 Å². The lowest BCUT2D eigenvalue weighted by molar-refractivity contribution is 0.0900. The van der Waals surface area contributed by atoms with Gasteiger partial charge in [0.1, 0.15) is 5.75 Å². The van der Waals surface area contributed by atoms with Crippen LogP contribution in [0.2, 0.25) is 0 Å². The largest absolute Gasteiger partial charge is 0.494 e. The first-order valence-electron chi connectivity index (χ1n) is 7.78. The van der Waals surface area contributed by atoms with Gasteiger partial charge in [-0.2, -0.15) is 0 Å². The van der Waals surface area contributed by atoms with Crippen LogP contribution in [0, 0.1) is 5.92 Å². The molecule has 3 heteroatoms. The van der Waals surface area contributed by atoms with E-state index >= 15 is 0 Å². The Hall–Kier alpha value is -1.06. The second-order valence-electron chi connectivity index (χ2n) is 5.82. The van der Waals surface area contributed by atoms with E-state index in [1.807, 2.05) is 0 Å². The summed E-state index contributed by atoms with van der Waals surface area (Å²) in [5.74, 6) is 1.52. The average Bonchev–Trinajstić information content (AvgIpc) is 2.92. The van der Waals surface area contributed by atoms with Crippen LogP contribution in [0.25, 0.3) is 0 Å². The van der Waals surface area contributed by atoms with Gasteiger partial charge in [-0.15, -0.1) is 0 Å². The third-order valence-corrected chi connectivity index (χ3v) is 3.68. The van der Waals surface area contributed by atoms with Crippen molar-refractivity contribution in [2.45, 2.75) is 45.8 Å². The summed E-state index contributed by atoms with van der Waals surface area (Å²) < 4.78 is 11.5. The van der Waals surface area contributed by atoms with Crippen molar-refractivity contribution in [3.8, 4) is 5.75 Å². The molecule has 20 heavy (non-hydrogen) atoms. The van der Waals surface area contributed by atoms with Gasteiger partial charge in [0.25, 0.3) is 0 Å². The zero-order valence-corrected chi connectivity index (χ0v) is 12.9. The van der Waals surface area contributed by atoms with Crippen molar-refractivity contribution in [1.82, 2.24) is 5.32 Å². The minimum Gasteiger partial charge on any atom is -0.494 e. The van der Waals surface area contributed by atoms with Crippen LogP contribution in [0.5, 0.6) is 5.75 Å². The first-order valence-corrected chi connectivity index (χ1v) is 7.78. The minimum absolute atomic E-state index is 0.224. The molecule has 0 amide bonds. The molecule has 1 heterocycles. The van der Waals surface area contributed by atoms with Gasteiger partial charge >= 0.3 is 0 Å². The quantitative estimate of drug-likeness (QED) is 0.826. The zero-order chi connectivity index (χ0) is 14.4. The highest BCUT2D eigenvalue weighted by atomic mass is 16.5. The molecule has 1 N–H and O–H groups in total. The van der Waals surface area contributed by atoms with Crippen LogP contribution in [-0.4, -0.2) is 25.8 Å². The minimum atomic E-state index is 0.224. The molecule has 2 atom stereocenters. The molecule has 1 fully saturated rings. The number of hydrogen-bond donors (Lipinski definition) is 1. The van der Waals surface area contributed by atoms with E-state index < -0.39 is 0 Å². The molecule has 2 unspecified atom stereocenters. The Kier molecular flexibility index (Phi) is 5.86. The van der Waals surface area contributed by atoms with Crippen LogP contribution in [0.4, 0.5) is 0 Å². The Morgan fingerprint density at radius 2 is 2.05 bits per heavy atom. The summed E-state index contributed by atoms with van der Waals surface area (Å²) >= 11 is 0. The number of hydrogen-bond acceptors (Lipinski definition) is 3. The molecule has 0 aliphatic carbocycles. The molecule has 1 aliphatic rings. The standard InChI is InChI=1S/C17H27NO2/c1-4-10-19-16-7-5-14(6-8-16)17-15(9-11-20-17)12-18-13(2)3/h5-8,13,15,17-18H,4,9-12H2,1-3H3. The summed E-state index contributed by atoms with van der Waals surface area (Å²) in [5, 5.41) is 3.52. The van der Waals surface area contributed by atoms with Gasteiger partial charge in [-0.05, 0) is 30.5 Å². The van der Waals surface area contributed by atoms with Crippen LogP contribution >= 0.6 is 0 Å². The molecular weight excluding hydrogens is 250 g/mol. The number of rotatable bonds is 7. The zero-order valence-electron chi connectivity index (χ0n) is 12.9. The fourth-order valence-electron chi connectivity index (χ4n) is 2.57. The van der Waals surface area contributed by atoms with Gasteiger partial charge in [0, 0.05) is 25.1 Å². The highest BCUT2D eigenvalue weighted by Gasteiger charge is 2.29. The Morgan fingerprint density at radius 3 is 2.70 bits per heavy atom. The molecule has 1 aromatic carbocycles. The van der Waals surface area contributed by atoms with Crippen LogP contribution in [0.15, 0.2) is 24.3 Å². The maximum absolute atomic E-state index is 5.92. The molecule has 0 aromatic heterocycles. The SMILES string of the molecule is CCCOc1ccc(C2OCCC2CNC(C)C)cc1. The van der Waals surface area contributed by atoms with E-state index in [9.17, 15) is 0 Å². The summed E-state index contributed by atoms with van der Waals surface area (Å²) in [7, 11) is 0. The number of ether oxygens (including phenoxy) is 2. The van der Waals surface area contributed by atoms with E-state index in [-0.39, 0.29) is 6.10 Å². The number of benzene rings is 1. The van der Waals surface area contributed by atoms with E-state index in [4.69, 9.17) is 9.47 Å². The molecule has 0 spiro atoms. The number of nitrogens with one attached hydrogen (secondary N) is 1. The highest BCUT2D eigenvalue weighted by Crippen LogP contribution is 2.34. The van der Waals surface area contributed by atoms with E-state index in [0.717, 1.165) is 38.3 Å². The highest BCUT2D eigenvalue weighted by molar-refractivity contribution is 5.29. The first-order chi connectivity index (χ1) is 9.70. The van der Waals surface area contributed by atoms with E-state index in [2.05, 4.69) is 50.4 Å². The monoisotopic (exact) mass is 277 g/mol. The second-order valence-corrected chi connectivity index (χ2v) is 5.82. The summed E-state index contributed by atoms with van der Waals surface area (Å²) in [4.78, 5) is 0. The summed E-state index contributed by atoms with van der Waals surface area (Å²) in [6.45, 7) is 9.15. The van der Waals surface area contributed by atoms with Gasteiger partial charge in [-0.3, -0.25) is 0 Å². The predicted octanol–water partition coefficient (Wildman–Crippen LogP) is 3.55. The molecule has 112 valence electrons. The van der Waals surface area contributed by atoms with Crippen LogP contribution in [0.1, 0.15) is 45.3 Å². The Bertz CT molecular complexity index is 388. The Labute approximate surface area is 122 Å². The predicted molar refractivity (Wildman–Crippen MR) is 82.2 cm³/mol. The lowest BCUT2D eigenvalue weighted by Crippen LogP contribution is -2.30. The van der Waals surface area contributed by atoms with Gasteiger partial charge in [0.15, 0.2) is 0 Å². The molecular formula is C17H27NO2. The van der Waals surface area contributed by atoms with E-state index in [0.29, 0.717) is 12.0 Å². The summed E-state index contributed by atoms with van der Waals surface area (Å²) in [6.07, 6.45) is 2.40.